The largest absolute Gasteiger partial charge is 0.332 e. The molecular weight excluding hydrogens is 302 g/mol. The Bertz CT molecular complexity index is 406. The zero-order chi connectivity index (χ0) is 15.6. The van der Waals surface area contributed by atoms with Crippen LogP contribution in [0.2, 0.25) is 0 Å². The predicted octanol–water partition coefficient (Wildman–Crippen LogP) is 1.66. The summed E-state index contributed by atoms with van der Waals surface area (Å²) >= 11 is 0. The van der Waals surface area contributed by atoms with Crippen LogP contribution >= 0.6 is 12.4 Å². The number of rotatable bonds is 4. The molecule has 2 heterocycles. The quantitative estimate of drug-likeness (QED) is 0.852. The van der Waals surface area contributed by atoms with E-state index in [9.17, 15) is 9.59 Å². The highest BCUT2D eigenvalue weighted by Gasteiger charge is 2.41. The highest BCUT2D eigenvalue weighted by molar-refractivity contribution is 5.87. The van der Waals surface area contributed by atoms with Crippen LogP contribution in [0.4, 0.5) is 0 Å². The van der Waals surface area contributed by atoms with Crippen molar-refractivity contribution in [3.63, 3.8) is 0 Å². The molecule has 0 spiro atoms. The molecule has 0 aromatic heterocycles. The molecule has 1 N–H and O–H groups in total. The molecule has 0 radical (unpaired) electrons. The normalized spacial score (nSPS) is 24.6. The summed E-state index contributed by atoms with van der Waals surface area (Å²) in [6.07, 6.45) is 2.67. The molecule has 2 amide bonds. The summed E-state index contributed by atoms with van der Waals surface area (Å²) in [5.74, 6) is 0.818. The van der Waals surface area contributed by atoms with E-state index in [-0.39, 0.29) is 42.3 Å². The third kappa shape index (κ3) is 4.35. The Labute approximate surface area is 140 Å². The van der Waals surface area contributed by atoms with Crippen LogP contribution in [0.15, 0.2) is 0 Å². The van der Waals surface area contributed by atoms with Crippen molar-refractivity contribution in [1.82, 2.24) is 15.1 Å². The highest BCUT2D eigenvalue weighted by Crippen LogP contribution is 2.25. The molecule has 0 aromatic rings. The molecule has 0 bridgehead atoms. The lowest BCUT2D eigenvalue weighted by Gasteiger charge is -2.48. The number of piperazine rings is 1. The summed E-state index contributed by atoms with van der Waals surface area (Å²) in [4.78, 5) is 28.4. The minimum Gasteiger partial charge on any atom is -0.332 e. The summed E-state index contributed by atoms with van der Waals surface area (Å²) < 4.78 is 0. The second kappa shape index (κ2) is 7.64. The van der Waals surface area contributed by atoms with Gasteiger partial charge >= 0.3 is 0 Å². The van der Waals surface area contributed by atoms with E-state index in [2.05, 4.69) is 5.32 Å². The Hall–Kier alpha value is -0.810. The Morgan fingerprint density at radius 2 is 2.09 bits per heavy atom. The van der Waals surface area contributed by atoms with E-state index in [4.69, 9.17) is 0 Å². The number of amides is 2. The maximum Gasteiger partial charge on any atom is 0.242 e. The van der Waals surface area contributed by atoms with Crippen molar-refractivity contribution in [2.75, 3.05) is 26.2 Å². The third-order valence-corrected chi connectivity index (χ3v) is 4.62. The number of carbonyl (C=O) groups is 2. The zero-order valence-corrected chi connectivity index (χ0v) is 15.0. The first-order chi connectivity index (χ1) is 9.81. The van der Waals surface area contributed by atoms with E-state index in [1.54, 1.807) is 4.90 Å². The smallest absolute Gasteiger partial charge is 0.242 e. The van der Waals surface area contributed by atoms with Crippen molar-refractivity contribution in [3.05, 3.63) is 0 Å². The van der Waals surface area contributed by atoms with Gasteiger partial charge in [-0.2, -0.15) is 0 Å². The van der Waals surface area contributed by atoms with Crippen LogP contribution < -0.4 is 5.32 Å². The number of carbonyl (C=O) groups excluding carboxylic acids is 2. The van der Waals surface area contributed by atoms with Crippen LogP contribution in [0.1, 0.15) is 47.0 Å². The van der Waals surface area contributed by atoms with Crippen molar-refractivity contribution in [2.45, 2.75) is 58.5 Å². The van der Waals surface area contributed by atoms with E-state index in [0.29, 0.717) is 18.9 Å². The SMILES string of the molecule is CC(C)N1C(=O)CN(C(=O)CCC2CCNC2)CC1(C)C.Cl. The van der Waals surface area contributed by atoms with Crippen LogP contribution in [0.25, 0.3) is 0 Å². The molecule has 2 aliphatic heterocycles. The van der Waals surface area contributed by atoms with Gasteiger partial charge in [0.2, 0.25) is 11.8 Å². The van der Waals surface area contributed by atoms with Crippen LogP contribution in [-0.4, -0.2) is 59.4 Å². The number of nitrogens with one attached hydrogen (secondary N) is 1. The van der Waals surface area contributed by atoms with Crippen molar-refractivity contribution >= 4 is 24.2 Å². The van der Waals surface area contributed by atoms with E-state index < -0.39 is 0 Å². The van der Waals surface area contributed by atoms with E-state index >= 15 is 0 Å². The first-order valence-electron chi connectivity index (χ1n) is 8.12. The molecule has 2 rings (SSSR count). The number of hydrogen-bond donors (Lipinski definition) is 1. The van der Waals surface area contributed by atoms with Crippen molar-refractivity contribution < 1.29 is 9.59 Å². The lowest BCUT2D eigenvalue weighted by atomic mass is 9.95. The molecule has 5 nitrogen and oxygen atoms in total. The molecule has 0 aliphatic carbocycles. The van der Waals surface area contributed by atoms with Crippen LogP contribution in [0.3, 0.4) is 0 Å². The van der Waals surface area contributed by atoms with Crippen molar-refractivity contribution in [3.8, 4) is 0 Å². The summed E-state index contributed by atoms with van der Waals surface area (Å²) in [5, 5.41) is 3.33. The first kappa shape index (κ1) is 19.2. The molecule has 1 atom stereocenters. The van der Waals surface area contributed by atoms with Gasteiger partial charge in [-0.1, -0.05) is 0 Å². The van der Waals surface area contributed by atoms with E-state index in [1.165, 1.54) is 6.42 Å². The van der Waals surface area contributed by atoms with Crippen LogP contribution in [0.5, 0.6) is 0 Å². The molecule has 128 valence electrons. The molecule has 2 fully saturated rings. The number of nitrogens with zero attached hydrogens (tertiary/aromatic N) is 2. The third-order valence-electron chi connectivity index (χ3n) is 4.62. The van der Waals surface area contributed by atoms with Gasteiger partial charge in [0.1, 0.15) is 0 Å². The Balaban J connectivity index is 0.00000242. The fourth-order valence-corrected chi connectivity index (χ4v) is 3.79. The van der Waals surface area contributed by atoms with E-state index in [0.717, 1.165) is 19.5 Å². The molecule has 2 aliphatic rings. The van der Waals surface area contributed by atoms with Gasteiger partial charge < -0.3 is 15.1 Å². The number of halogens is 1. The molecular formula is C16H30ClN3O2. The van der Waals surface area contributed by atoms with Gasteiger partial charge in [-0.25, -0.2) is 0 Å². The fourth-order valence-electron chi connectivity index (χ4n) is 3.79. The summed E-state index contributed by atoms with van der Waals surface area (Å²) in [5.41, 5.74) is -0.284. The van der Waals surface area contributed by atoms with Gasteiger partial charge in [0, 0.05) is 19.0 Å². The van der Waals surface area contributed by atoms with Crippen molar-refractivity contribution in [2.24, 2.45) is 5.92 Å². The topological polar surface area (TPSA) is 52.7 Å². The second-order valence-electron chi connectivity index (χ2n) is 7.32. The molecule has 22 heavy (non-hydrogen) atoms. The van der Waals surface area contributed by atoms with Gasteiger partial charge in [-0.3, -0.25) is 9.59 Å². The summed E-state index contributed by atoms with van der Waals surface area (Å²) in [6, 6.07) is 0.175. The molecule has 2 saturated heterocycles. The number of hydrogen-bond acceptors (Lipinski definition) is 3. The van der Waals surface area contributed by atoms with E-state index in [1.807, 2.05) is 32.6 Å². The van der Waals surface area contributed by atoms with Crippen molar-refractivity contribution in [1.29, 1.82) is 0 Å². The molecule has 0 saturated carbocycles. The molecule has 0 aromatic carbocycles. The standard InChI is InChI=1S/C16H29N3O2.ClH/c1-12(2)19-15(21)10-18(11-16(19,3)4)14(20)6-5-13-7-8-17-9-13;/h12-13,17H,5-11H2,1-4H3;1H. The van der Waals surface area contributed by atoms with Gasteiger partial charge in [-0.15, -0.1) is 12.4 Å². The average molecular weight is 332 g/mol. The maximum atomic E-state index is 12.4. The first-order valence-corrected chi connectivity index (χ1v) is 8.12. The van der Waals surface area contributed by atoms with Gasteiger partial charge in [0.05, 0.1) is 12.1 Å². The second-order valence-corrected chi connectivity index (χ2v) is 7.32. The lowest BCUT2D eigenvalue weighted by Crippen LogP contribution is -2.64. The van der Waals surface area contributed by atoms with Gasteiger partial charge in [0.15, 0.2) is 0 Å². The average Bonchev–Trinajstić information content (AvgIpc) is 2.86. The highest BCUT2D eigenvalue weighted by atomic mass is 35.5. The zero-order valence-electron chi connectivity index (χ0n) is 14.2. The molecule has 1 unspecified atom stereocenters. The fraction of sp³-hybridized carbons (Fsp3) is 0.875. The minimum atomic E-state index is -0.284. The lowest BCUT2D eigenvalue weighted by molar-refractivity contribution is -0.155. The Morgan fingerprint density at radius 3 is 2.59 bits per heavy atom. The summed E-state index contributed by atoms with van der Waals surface area (Å²) in [6.45, 7) is 11.1. The predicted molar refractivity (Wildman–Crippen MR) is 90.1 cm³/mol. The monoisotopic (exact) mass is 331 g/mol. The van der Waals surface area contributed by atoms with Gasteiger partial charge in [-0.05, 0) is 59.5 Å². The summed E-state index contributed by atoms with van der Waals surface area (Å²) in [7, 11) is 0. The Kier molecular flexibility index (Phi) is 6.68. The van der Waals surface area contributed by atoms with Crippen LogP contribution in [0, 0.1) is 5.92 Å². The Morgan fingerprint density at radius 1 is 1.41 bits per heavy atom. The minimum absolute atomic E-state index is 0. The van der Waals surface area contributed by atoms with Crippen LogP contribution in [-0.2, 0) is 9.59 Å². The van der Waals surface area contributed by atoms with Gasteiger partial charge in [0.25, 0.3) is 0 Å². The molecule has 6 heteroatoms. The maximum absolute atomic E-state index is 12.4.